The summed E-state index contributed by atoms with van der Waals surface area (Å²) in [5.41, 5.74) is 1.96. The lowest BCUT2D eigenvalue weighted by molar-refractivity contribution is -0.114. The number of benzene rings is 2. The summed E-state index contributed by atoms with van der Waals surface area (Å²) in [5.74, 6) is 1.35. The van der Waals surface area contributed by atoms with E-state index in [1.165, 1.54) is 29.6 Å². The quantitative estimate of drug-likeness (QED) is 0.189. The average Bonchev–Trinajstić information content (AvgIpc) is 3.61. The molecule has 2 aromatic carbocycles. The van der Waals surface area contributed by atoms with E-state index in [1.807, 2.05) is 42.5 Å². The van der Waals surface area contributed by atoms with Gasteiger partial charge >= 0.3 is 0 Å². The molecule has 1 heterocycles. The first-order chi connectivity index (χ1) is 23.6. The summed E-state index contributed by atoms with van der Waals surface area (Å²) < 4.78 is 29.8. The number of ketones is 1. The second-order valence-corrected chi connectivity index (χ2v) is 20.2. The van der Waals surface area contributed by atoms with Crippen molar-refractivity contribution < 1.29 is 23.4 Å². The molecule has 7 atom stereocenters. The lowest BCUT2D eigenvalue weighted by Crippen LogP contribution is -2.58. The van der Waals surface area contributed by atoms with Gasteiger partial charge < -0.3 is 10.2 Å². The van der Waals surface area contributed by atoms with Crippen molar-refractivity contribution in [3.05, 3.63) is 81.7 Å². The fourth-order valence-corrected chi connectivity index (χ4v) is 12.4. The highest BCUT2D eigenvalue weighted by molar-refractivity contribution is 7.88. The van der Waals surface area contributed by atoms with Crippen LogP contribution in [0.3, 0.4) is 0 Å². The third-order valence-corrected chi connectivity index (χ3v) is 16.2. The average molecular weight is 718 g/mol. The van der Waals surface area contributed by atoms with Crippen molar-refractivity contribution in [1.82, 2.24) is 4.31 Å². The molecule has 0 amide bonds. The molecule has 4 saturated carbocycles. The zero-order valence-electron chi connectivity index (χ0n) is 30.5. The van der Waals surface area contributed by atoms with E-state index in [2.05, 4.69) is 39.8 Å². The molecule has 9 rings (SSSR count). The Balaban J connectivity index is 1.28. The SMILES string of the molecule is CC1=CCCC2(C)C(CCC2(O)CN(CC2CCC3CC2C3(C)C)S(C)(=O)=O)c2ccc(cc2C(=O)c2cc3ccccc3s2)CC(O)CC1. The van der Waals surface area contributed by atoms with Gasteiger partial charge in [-0.3, -0.25) is 4.79 Å². The second-order valence-electron chi connectivity index (χ2n) is 17.2. The van der Waals surface area contributed by atoms with E-state index in [0.29, 0.717) is 60.9 Å². The molecule has 0 saturated heterocycles. The fraction of sp³-hybridized carbons (Fsp3) is 0.595. The first kappa shape index (κ1) is 36.0. The Labute approximate surface area is 303 Å². The molecule has 1 aromatic heterocycles. The number of thiophene rings is 1. The first-order valence-corrected chi connectivity index (χ1v) is 21.4. The van der Waals surface area contributed by atoms with Gasteiger partial charge in [0.25, 0.3) is 0 Å². The summed E-state index contributed by atoms with van der Waals surface area (Å²) in [4.78, 5) is 15.2. The van der Waals surface area contributed by atoms with Crippen molar-refractivity contribution in [3.8, 4) is 0 Å². The van der Waals surface area contributed by atoms with Gasteiger partial charge in [-0.1, -0.05) is 62.8 Å². The van der Waals surface area contributed by atoms with Crippen LogP contribution in [0.2, 0.25) is 0 Å². The third kappa shape index (κ3) is 6.46. The van der Waals surface area contributed by atoms with Crippen molar-refractivity contribution in [3.63, 3.8) is 0 Å². The minimum absolute atomic E-state index is 0.0327. The number of sulfonamides is 1. The van der Waals surface area contributed by atoms with Crippen LogP contribution in [0.15, 0.2) is 60.2 Å². The van der Waals surface area contributed by atoms with Gasteiger partial charge in [0.2, 0.25) is 15.8 Å². The number of aliphatic hydroxyl groups excluding tert-OH is 1. The van der Waals surface area contributed by atoms with Gasteiger partial charge in [-0.15, -0.1) is 11.3 Å². The maximum Gasteiger partial charge on any atom is 0.211 e. The molecule has 0 aliphatic heterocycles. The topological polar surface area (TPSA) is 94.9 Å². The normalized spacial score (nSPS) is 32.7. The molecular weight excluding hydrogens is 663 g/mol. The molecule has 4 bridgehead atoms. The monoisotopic (exact) mass is 717 g/mol. The van der Waals surface area contributed by atoms with Crippen LogP contribution in [0.25, 0.3) is 10.1 Å². The molecule has 0 radical (unpaired) electrons. The van der Waals surface area contributed by atoms with E-state index in [4.69, 9.17) is 0 Å². The van der Waals surface area contributed by atoms with Crippen LogP contribution in [-0.2, 0) is 16.4 Å². The number of fused-ring (bicyclic) bond motifs is 11. The Morgan fingerprint density at radius 3 is 2.52 bits per heavy atom. The highest BCUT2D eigenvalue weighted by Gasteiger charge is 2.59. The minimum atomic E-state index is -3.60. The van der Waals surface area contributed by atoms with E-state index in [-0.39, 0.29) is 23.7 Å². The van der Waals surface area contributed by atoms with E-state index in [9.17, 15) is 23.4 Å². The Morgan fingerprint density at radius 2 is 1.80 bits per heavy atom. The molecule has 6 aliphatic carbocycles. The standard InChI is InChI=1S/C42H55NO5S2/c1-27-9-8-19-41(4)35(18-20-42(41,46)26-43(50(5,47)48)25-30-14-15-31-24-36(30)40(31,2)3)33-17-13-28(21-32(44)16-12-27)22-34(33)39(45)38-23-29-10-6-7-11-37(29)49-38/h6-7,9-11,13,17,22-23,30-32,35-36,44,46H,8,12,14-16,18-21,24-26H2,1-5H3. The van der Waals surface area contributed by atoms with Crippen LogP contribution >= 0.6 is 11.3 Å². The van der Waals surface area contributed by atoms with Crippen LogP contribution < -0.4 is 0 Å². The first-order valence-electron chi connectivity index (χ1n) is 18.8. The maximum atomic E-state index is 14.5. The van der Waals surface area contributed by atoms with Gasteiger partial charge in [-0.25, -0.2) is 8.42 Å². The van der Waals surface area contributed by atoms with Crippen LogP contribution in [-0.4, -0.2) is 59.8 Å². The van der Waals surface area contributed by atoms with Crippen molar-refractivity contribution >= 4 is 37.2 Å². The van der Waals surface area contributed by atoms with Crippen LogP contribution in [0.1, 0.15) is 118 Å². The minimum Gasteiger partial charge on any atom is -0.393 e. The number of carbonyl (C=O) groups is 1. The van der Waals surface area contributed by atoms with Crippen LogP contribution in [0, 0.1) is 28.6 Å². The van der Waals surface area contributed by atoms with Gasteiger partial charge in [0.05, 0.1) is 22.8 Å². The predicted octanol–water partition coefficient (Wildman–Crippen LogP) is 8.50. The number of carbonyl (C=O) groups excluding carboxylic acids is 1. The van der Waals surface area contributed by atoms with Crippen molar-refractivity contribution in [1.29, 1.82) is 0 Å². The molecule has 4 fully saturated rings. The molecule has 6 nitrogen and oxygen atoms in total. The molecule has 8 heteroatoms. The lowest BCUT2D eigenvalue weighted by atomic mass is 9.45. The Kier molecular flexibility index (Phi) is 9.54. The Bertz CT molecular complexity index is 1880. The number of hydrogen-bond acceptors (Lipinski definition) is 6. The Morgan fingerprint density at radius 1 is 1.02 bits per heavy atom. The largest absolute Gasteiger partial charge is 0.393 e. The summed E-state index contributed by atoms with van der Waals surface area (Å²) in [7, 11) is -3.60. The molecular formula is C42H55NO5S2. The van der Waals surface area contributed by atoms with Gasteiger partial charge in [-0.2, -0.15) is 4.31 Å². The summed E-state index contributed by atoms with van der Waals surface area (Å²) in [6.07, 6.45) is 10.8. The third-order valence-electron chi connectivity index (χ3n) is 13.9. The zero-order valence-corrected chi connectivity index (χ0v) is 32.1. The molecule has 6 aliphatic rings. The van der Waals surface area contributed by atoms with Crippen LogP contribution in [0.4, 0.5) is 0 Å². The number of nitrogens with zero attached hydrogens (tertiary/aromatic N) is 1. The molecule has 2 N–H and O–H groups in total. The summed E-state index contributed by atoms with van der Waals surface area (Å²) in [5, 5.41) is 25.0. The fourth-order valence-electron chi connectivity index (χ4n) is 10.5. The van der Waals surface area contributed by atoms with Gasteiger partial charge in [0.15, 0.2) is 0 Å². The molecule has 0 spiro atoms. The zero-order chi connectivity index (χ0) is 35.6. The molecule has 270 valence electrons. The predicted molar refractivity (Wildman–Crippen MR) is 203 cm³/mol. The van der Waals surface area contributed by atoms with Gasteiger partial charge in [-0.05, 0) is 135 Å². The molecule has 50 heavy (non-hydrogen) atoms. The maximum absolute atomic E-state index is 14.5. The smallest absolute Gasteiger partial charge is 0.211 e. The Hall–Kier alpha value is -2.36. The van der Waals surface area contributed by atoms with E-state index in [0.717, 1.165) is 52.8 Å². The van der Waals surface area contributed by atoms with Gasteiger partial charge in [0.1, 0.15) is 0 Å². The van der Waals surface area contributed by atoms with Crippen molar-refractivity contribution in [2.45, 2.75) is 110 Å². The highest BCUT2D eigenvalue weighted by Crippen LogP contribution is 2.62. The van der Waals surface area contributed by atoms with Crippen molar-refractivity contribution in [2.24, 2.45) is 28.6 Å². The van der Waals surface area contributed by atoms with Gasteiger partial charge in [0, 0.05) is 28.8 Å². The highest BCUT2D eigenvalue weighted by atomic mass is 32.2. The van der Waals surface area contributed by atoms with E-state index in [1.54, 1.807) is 4.31 Å². The van der Waals surface area contributed by atoms with Crippen molar-refractivity contribution in [2.75, 3.05) is 19.3 Å². The summed E-state index contributed by atoms with van der Waals surface area (Å²) >= 11 is 1.50. The number of aliphatic hydroxyl groups is 2. The second kappa shape index (κ2) is 13.2. The number of allylic oxidation sites excluding steroid dienone is 2. The van der Waals surface area contributed by atoms with E-state index < -0.39 is 27.1 Å². The lowest BCUT2D eigenvalue weighted by Gasteiger charge is -2.60. The summed E-state index contributed by atoms with van der Waals surface area (Å²) in [6.45, 7) is 9.45. The number of hydrogen-bond donors (Lipinski definition) is 2. The van der Waals surface area contributed by atoms with E-state index >= 15 is 0 Å². The summed E-state index contributed by atoms with van der Waals surface area (Å²) in [6, 6.07) is 16.1. The van der Waals surface area contributed by atoms with Crippen LogP contribution in [0.5, 0.6) is 0 Å². The molecule has 7 unspecified atom stereocenters. The number of rotatable bonds is 7. The molecule has 3 aromatic rings.